The van der Waals surface area contributed by atoms with Crippen LogP contribution in [0.15, 0.2) is 72.9 Å². The number of carbonyl (C=O) groups is 4. The second kappa shape index (κ2) is 21.0. The first-order chi connectivity index (χ1) is 35.2. The number of piperidine rings is 2. The number of anilines is 1. The highest BCUT2D eigenvalue weighted by molar-refractivity contribution is 6.34. The van der Waals surface area contributed by atoms with Gasteiger partial charge in [-0.2, -0.15) is 0 Å². The number of aromatic nitrogens is 1. The average molecular weight is 1020 g/mol. The molecule has 2 unspecified atom stereocenters. The Morgan fingerprint density at radius 3 is 2.37 bits per heavy atom. The van der Waals surface area contributed by atoms with Crippen LogP contribution < -0.4 is 30.7 Å². The first-order valence-electron chi connectivity index (χ1n) is 25.8. The molecule has 0 spiro atoms. The van der Waals surface area contributed by atoms with Gasteiger partial charge < -0.3 is 40.0 Å². The van der Waals surface area contributed by atoms with Crippen molar-refractivity contribution in [1.82, 2.24) is 25.0 Å². The number of carbonyl (C=O) groups excluding carboxylic acids is 4. The number of halogens is 3. The number of aliphatic hydroxyl groups is 1. The van der Waals surface area contributed by atoms with Gasteiger partial charge in [0.1, 0.15) is 18.2 Å². The molecule has 5 N–H and O–H groups in total. The smallest absolute Gasteiger partial charge is 0.328 e. The van der Waals surface area contributed by atoms with Gasteiger partial charge in [-0.25, -0.2) is 13.6 Å². The van der Waals surface area contributed by atoms with Crippen LogP contribution in [0.4, 0.5) is 19.3 Å². The maximum Gasteiger partial charge on any atom is 0.328 e. The lowest BCUT2D eigenvalue weighted by atomic mass is 9.77. The van der Waals surface area contributed by atoms with Crippen molar-refractivity contribution in [2.45, 2.75) is 88.2 Å². The maximum absolute atomic E-state index is 16.5. The van der Waals surface area contributed by atoms with Crippen molar-refractivity contribution < 1.29 is 42.5 Å². The Morgan fingerprint density at radius 2 is 1.67 bits per heavy atom. The number of primary amides is 1. The molecule has 14 nitrogen and oxygen atoms in total. The molecule has 0 bridgehead atoms. The highest BCUT2D eigenvalue weighted by Gasteiger charge is 2.50. The predicted octanol–water partition coefficient (Wildman–Crippen LogP) is 8.35. The van der Waals surface area contributed by atoms with Gasteiger partial charge in [0.2, 0.25) is 17.7 Å². The molecule has 0 radical (unpaired) electrons. The summed E-state index contributed by atoms with van der Waals surface area (Å²) in [6.07, 6.45) is 9.50. The van der Waals surface area contributed by atoms with Crippen molar-refractivity contribution in [3.8, 4) is 22.6 Å². The Bertz CT molecular complexity index is 2910. The van der Waals surface area contributed by atoms with Gasteiger partial charge in [0, 0.05) is 98.4 Å². The first-order valence-corrected chi connectivity index (χ1v) is 26.2. The van der Waals surface area contributed by atoms with Crippen LogP contribution in [0.3, 0.4) is 0 Å². The van der Waals surface area contributed by atoms with Crippen LogP contribution in [-0.2, 0) is 22.2 Å². The van der Waals surface area contributed by atoms with Gasteiger partial charge in [0.15, 0.2) is 17.2 Å². The summed E-state index contributed by atoms with van der Waals surface area (Å²) in [5, 5.41) is 16.2. The van der Waals surface area contributed by atoms with E-state index in [2.05, 4.69) is 43.2 Å². The van der Waals surface area contributed by atoms with Crippen LogP contribution in [0, 0.1) is 23.5 Å². The number of amides is 5. The second-order valence-electron chi connectivity index (χ2n) is 20.7. The number of nitrogens with one attached hydrogen (secondary N) is 2. The fourth-order valence-corrected chi connectivity index (χ4v) is 12.6. The van der Waals surface area contributed by atoms with E-state index in [0.29, 0.717) is 30.5 Å². The Labute approximate surface area is 429 Å². The molecule has 73 heavy (non-hydrogen) atoms. The van der Waals surface area contributed by atoms with Crippen molar-refractivity contribution in [2.75, 3.05) is 63.9 Å². The summed E-state index contributed by atoms with van der Waals surface area (Å²) in [5.74, 6) is -2.42. The van der Waals surface area contributed by atoms with E-state index in [-0.39, 0.29) is 77.6 Å². The number of fused-ring (bicyclic) bond motifs is 2. The van der Waals surface area contributed by atoms with E-state index < -0.39 is 34.1 Å². The van der Waals surface area contributed by atoms with E-state index in [1.54, 1.807) is 4.90 Å². The van der Waals surface area contributed by atoms with Gasteiger partial charge in [-0.15, -0.1) is 0 Å². The number of ether oxygens (including phenoxy) is 2. The number of aliphatic hydroxyl groups excluding tert-OH is 1. The molecule has 2 atom stereocenters. The average Bonchev–Trinajstić information content (AvgIpc) is 3.88. The summed E-state index contributed by atoms with van der Waals surface area (Å²) in [4.78, 5) is 57.5. The van der Waals surface area contributed by atoms with Crippen LogP contribution in [-0.4, -0.2) is 108 Å². The molecule has 1 aromatic heterocycles. The number of hydrogen-bond donors (Lipinski definition) is 4. The minimum absolute atomic E-state index is 0.0434. The highest BCUT2D eigenvalue weighted by atomic mass is 35.5. The van der Waals surface area contributed by atoms with E-state index in [0.717, 1.165) is 106 Å². The second-order valence-corrected chi connectivity index (χ2v) is 21.1. The number of benzene rings is 4. The van der Waals surface area contributed by atoms with Crippen LogP contribution in [0.25, 0.3) is 22.0 Å². The predicted molar refractivity (Wildman–Crippen MR) is 275 cm³/mol. The molecule has 4 fully saturated rings. The van der Waals surface area contributed by atoms with Gasteiger partial charge in [-0.05, 0) is 106 Å². The first kappa shape index (κ1) is 50.5. The number of urea groups is 1. The Balaban J connectivity index is 0.731. The monoisotopic (exact) mass is 1020 g/mol. The normalized spacial score (nSPS) is 23.1. The lowest BCUT2D eigenvalue weighted by Gasteiger charge is -2.40. The lowest BCUT2D eigenvalue weighted by molar-refractivity contribution is -0.138. The molecule has 5 amide bonds. The molecule has 10 rings (SSSR count). The molecule has 5 aromatic rings. The number of nitrogens with two attached hydrogens (primary N) is 1. The minimum atomic E-state index is -1.10. The van der Waals surface area contributed by atoms with Gasteiger partial charge in [-0.3, -0.25) is 24.6 Å². The van der Waals surface area contributed by atoms with Crippen molar-refractivity contribution in [2.24, 2.45) is 24.6 Å². The fourth-order valence-electron chi connectivity index (χ4n) is 12.4. The number of likely N-dealkylation sites (tertiary alicyclic amines) is 2. The van der Waals surface area contributed by atoms with Crippen molar-refractivity contribution in [3.63, 3.8) is 0 Å². The van der Waals surface area contributed by atoms with Gasteiger partial charge >= 0.3 is 6.03 Å². The van der Waals surface area contributed by atoms with Gasteiger partial charge in [0.05, 0.1) is 28.4 Å². The Hall–Kier alpha value is -6.07. The number of nitrogens with zero attached hydrogens (tertiary/aromatic N) is 4. The van der Waals surface area contributed by atoms with Crippen molar-refractivity contribution >= 4 is 51.9 Å². The van der Waals surface area contributed by atoms with Gasteiger partial charge in [-0.1, -0.05) is 61.0 Å². The molecule has 5 aliphatic rings. The maximum atomic E-state index is 16.5. The minimum Gasteiger partial charge on any atom is -0.488 e. The zero-order chi connectivity index (χ0) is 51.1. The standard InChI is InChI=1S/C56H64ClF2N7O7/c1-33-48-46(29-42(58)51(57)50(48)49-41(53(60)69)14-15-45(52(49)59)72-27-26-67)73-56(33,38-6-4-3-5-7-38)32-61-39-11-8-36(9-12-39)54(70)65-23-16-34(17-24-65)30-64-21-18-35(19-22-64)37-10-13-40-43(28-37)63(2)31-44(40)66-25-20-47(68)62-55(66)71/h3-7,10,13-15,28-29,31,33-36,39,61,67H,8-9,11-12,16-27,30,32H2,1-2H3,(H2,60,69)(H,62,68,71). The largest absolute Gasteiger partial charge is 0.488 e. The van der Waals surface area contributed by atoms with Crippen molar-refractivity contribution in [1.29, 1.82) is 0 Å². The molecular formula is C56H64ClF2N7O7. The van der Waals surface area contributed by atoms with E-state index in [1.807, 2.05) is 50.5 Å². The van der Waals surface area contributed by atoms with Crippen LogP contribution in [0.1, 0.15) is 104 Å². The zero-order valence-corrected chi connectivity index (χ0v) is 42.2. The molecule has 1 aliphatic carbocycles. The summed E-state index contributed by atoms with van der Waals surface area (Å²) >= 11 is 6.73. The van der Waals surface area contributed by atoms with Crippen LogP contribution in [0.2, 0.25) is 5.02 Å². The third-order valence-electron chi connectivity index (χ3n) is 16.4. The molecule has 4 aromatic carbocycles. The SMILES string of the molecule is CC1c2c(cc(F)c(Cl)c2-c2c(C(N)=O)ccc(OCCO)c2F)OC1(CNC1CCC(C(=O)N2CCC(CN3CCC(c4ccc5c(N6CCC(=O)NC6=O)cn(C)c5c4)CC3)CC2)CC1)c1ccccc1. The molecule has 1 saturated carbocycles. The summed E-state index contributed by atoms with van der Waals surface area (Å²) in [5.41, 5.74) is 8.56. The highest BCUT2D eigenvalue weighted by Crippen LogP contribution is 2.56. The van der Waals surface area contributed by atoms with E-state index in [1.165, 1.54) is 23.8 Å². The lowest BCUT2D eigenvalue weighted by Crippen LogP contribution is -2.49. The van der Waals surface area contributed by atoms with E-state index >= 15 is 8.78 Å². The van der Waals surface area contributed by atoms with Crippen molar-refractivity contribution in [3.05, 3.63) is 112 Å². The molecular weight excluding hydrogens is 956 g/mol. The quantitative estimate of drug-likeness (QED) is 0.0854. The Morgan fingerprint density at radius 1 is 0.932 bits per heavy atom. The summed E-state index contributed by atoms with van der Waals surface area (Å²) in [6.45, 7) is 6.68. The summed E-state index contributed by atoms with van der Waals surface area (Å²) in [7, 11) is 2.00. The number of aryl methyl sites for hydroxylation is 1. The zero-order valence-electron chi connectivity index (χ0n) is 41.4. The van der Waals surface area contributed by atoms with Crippen LogP contribution in [0.5, 0.6) is 11.5 Å². The molecule has 386 valence electrons. The molecule has 5 heterocycles. The number of rotatable bonds is 14. The number of hydrogen-bond acceptors (Lipinski definition) is 9. The topological polar surface area (TPSA) is 172 Å². The summed E-state index contributed by atoms with van der Waals surface area (Å²) in [6, 6.07) is 19.6. The Kier molecular flexibility index (Phi) is 14.5. The van der Waals surface area contributed by atoms with Crippen LogP contribution >= 0.6 is 11.6 Å². The summed E-state index contributed by atoms with van der Waals surface area (Å²) < 4.78 is 46.7. The molecule has 4 aliphatic heterocycles. The third kappa shape index (κ3) is 9.79. The number of imide groups is 1. The third-order valence-corrected chi connectivity index (χ3v) is 16.8. The fraction of sp³-hybridized carbons (Fsp3) is 0.464. The van der Waals surface area contributed by atoms with E-state index in [4.69, 9.17) is 26.8 Å². The molecule has 3 saturated heterocycles. The van der Waals surface area contributed by atoms with Gasteiger partial charge in [0.25, 0.3) is 0 Å². The van der Waals surface area contributed by atoms with E-state index in [9.17, 15) is 24.3 Å². The molecule has 17 heteroatoms.